The molecule has 2 heterocycles. The predicted octanol–water partition coefficient (Wildman–Crippen LogP) is 2.97. The zero-order valence-electron chi connectivity index (χ0n) is 16.2. The summed E-state index contributed by atoms with van der Waals surface area (Å²) in [4.78, 5) is 2.56. The molecule has 1 aromatic carbocycles. The second-order valence-corrected chi connectivity index (χ2v) is 6.87. The van der Waals surface area contributed by atoms with Gasteiger partial charge in [0.15, 0.2) is 11.5 Å². The third-order valence-electron chi connectivity index (χ3n) is 4.35. The molecule has 2 aromatic rings. The number of nitrogens with zero attached hydrogens (tertiary/aromatic N) is 3. The van der Waals surface area contributed by atoms with E-state index in [0.717, 1.165) is 13.1 Å². The van der Waals surface area contributed by atoms with Crippen LogP contribution >= 0.6 is 12.2 Å². The summed E-state index contributed by atoms with van der Waals surface area (Å²) in [5.74, 6) is 1.96. The van der Waals surface area contributed by atoms with Gasteiger partial charge in [0, 0.05) is 18.7 Å². The van der Waals surface area contributed by atoms with E-state index in [9.17, 15) is 0 Å². The second kappa shape index (κ2) is 8.28. The van der Waals surface area contributed by atoms with Gasteiger partial charge in [0.25, 0.3) is 4.84 Å². The quantitative estimate of drug-likeness (QED) is 0.692. The third-order valence-corrected chi connectivity index (χ3v) is 4.64. The van der Waals surface area contributed by atoms with Crippen molar-refractivity contribution in [1.82, 2.24) is 14.7 Å². The number of hydrogen-bond donors (Lipinski definition) is 0. The van der Waals surface area contributed by atoms with E-state index in [4.69, 9.17) is 35.6 Å². The van der Waals surface area contributed by atoms with Crippen molar-refractivity contribution in [2.24, 2.45) is 0 Å². The SMILES string of the molecule is COc1cc(-c2nn(CN3C[C@@H](C)O[C@@H](C)C3)c(=S)o2)cc(OC)c1OC. The number of hydrogen-bond acceptors (Lipinski definition) is 8. The minimum Gasteiger partial charge on any atom is -0.493 e. The summed E-state index contributed by atoms with van der Waals surface area (Å²) < 4.78 is 29.3. The molecule has 0 aliphatic carbocycles. The summed E-state index contributed by atoms with van der Waals surface area (Å²) in [6, 6.07) is 3.57. The van der Waals surface area contributed by atoms with Gasteiger partial charge < -0.3 is 23.4 Å². The lowest BCUT2D eigenvalue weighted by molar-refractivity contribution is -0.0778. The van der Waals surface area contributed by atoms with Crippen molar-refractivity contribution < 1.29 is 23.4 Å². The van der Waals surface area contributed by atoms with Crippen LogP contribution in [0.25, 0.3) is 11.5 Å². The molecule has 27 heavy (non-hydrogen) atoms. The van der Waals surface area contributed by atoms with E-state index in [0.29, 0.717) is 40.2 Å². The van der Waals surface area contributed by atoms with Gasteiger partial charge in [-0.15, -0.1) is 5.10 Å². The summed E-state index contributed by atoms with van der Waals surface area (Å²) in [6.45, 7) is 6.31. The molecular weight excluding hydrogens is 370 g/mol. The van der Waals surface area contributed by atoms with Crippen molar-refractivity contribution in [3.63, 3.8) is 0 Å². The van der Waals surface area contributed by atoms with Crippen molar-refractivity contribution in [3.8, 4) is 28.7 Å². The van der Waals surface area contributed by atoms with Gasteiger partial charge in [-0.3, -0.25) is 4.90 Å². The molecule has 1 saturated heterocycles. The Hall–Kier alpha value is -2.10. The maximum Gasteiger partial charge on any atom is 0.288 e. The van der Waals surface area contributed by atoms with E-state index < -0.39 is 0 Å². The number of morpholine rings is 1. The zero-order valence-corrected chi connectivity index (χ0v) is 17.0. The predicted molar refractivity (Wildman–Crippen MR) is 102 cm³/mol. The molecule has 0 amide bonds. The minimum atomic E-state index is 0.171. The lowest BCUT2D eigenvalue weighted by Gasteiger charge is -2.34. The summed E-state index contributed by atoms with van der Waals surface area (Å²) in [6.07, 6.45) is 0.341. The molecule has 9 heteroatoms. The van der Waals surface area contributed by atoms with Gasteiger partial charge in [0.1, 0.15) is 0 Å². The van der Waals surface area contributed by atoms with Crippen LogP contribution in [0.1, 0.15) is 13.8 Å². The fourth-order valence-electron chi connectivity index (χ4n) is 3.31. The van der Waals surface area contributed by atoms with Crippen LogP contribution in [-0.2, 0) is 11.4 Å². The Morgan fingerprint density at radius 1 is 1.07 bits per heavy atom. The first-order valence-corrected chi connectivity index (χ1v) is 9.12. The largest absolute Gasteiger partial charge is 0.493 e. The number of aromatic nitrogens is 2. The molecule has 0 radical (unpaired) electrons. The molecule has 0 N–H and O–H groups in total. The Balaban J connectivity index is 1.89. The van der Waals surface area contributed by atoms with Gasteiger partial charge in [-0.05, 0) is 38.2 Å². The molecule has 3 rings (SSSR count). The molecule has 1 aromatic heterocycles. The van der Waals surface area contributed by atoms with Crippen LogP contribution in [0.4, 0.5) is 0 Å². The van der Waals surface area contributed by atoms with Crippen molar-refractivity contribution in [1.29, 1.82) is 0 Å². The molecule has 1 fully saturated rings. The van der Waals surface area contributed by atoms with Crippen LogP contribution in [0.5, 0.6) is 17.2 Å². The Bertz CT molecular complexity index is 815. The van der Waals surface area contributed by atoms with Crippen molar-refractivity contribution in [2.75, 3.05) is 34.4 Å². The minimum absolute atomic E-state index is 0.171. The van der Waals surface area contributed by atoms with Crippen molar-refractivity contribution in [2.45, 2.75) is 32.7 Å². The van der Waals surface area contributed by atoms with Crippen LogP contribution in [-0.4, -0.2) is 61.3 Å². The molecule has 2 atom stereocenters. The van der Waals surface area contributed by atoms with E-state index in [1.807, 2.05) is 0 Å². The van der Waals surface area contributed by atoms with E-state index >= 15 is 0 Å². The van der Waals surface area contributed by atoms with Crippen LogP contribution in [0.2, 0.25) is 0 Å². The van der Waals surface area contributed by atoms with Gasteiger partial charge >= 0.3 is 0 Å². The zero-order chi connectivity index (χ0) is 19.6. The van der Waals surface area contributed by atoms with Gasteiger partial charge in [-0.1, -0.05) is 0 Å². The standard InChI is InChI=1S/C18H25N3O5S/c1-11-8-20(9-12(2)25-11)10-21-18(27)26-17(19-21)13-6-14(22-3)16(24-5)15(7-13)23-4/h6-7,11-12H,8-10H2,1-5H3/t11-,12+. The first-order chi connectivity index (χ1) is 12.9. The molecule has 0 unspecified atom stereocenters. The number of benzene rings is 1. The highest BCUT2D eigenvalue weighted by molar-refractivity contribution is 7.71. The Morgan fingerprint density at radius 2 is 1.67 bits per heavy atom. The van der Waals surface area contributed by atoms with Crippen LogP contribution in [0, 0.1) is 4.84 Å². The summed E-state index contributed by atoms with van der Waals surface area (Å²) in [5, 5.41) is 4.54. The molecule has 0 bridgehead atoms. The maximum absolute atomic E-state index is 5.77. The number of rotatable bonds is 6. The summed E-state index contributed by atoms with van der Waals surface area (Å²) >= 11 is 5.36. The van der Waals surface area contributed by atoms with Crippen molar-refractivity contribution in [3.05, 3.63) is 17.0 Å². The smallest absolute Gasteiger partial charge is 0.288 e. The van der Waals surface area contributed by atoms with Gasteiger partial charge in [-0.2, -0.15) is 0 Å². The van der Waals surface area contributed by atoms with E-state index in [1.165, 1.54) is 0 Å². The first-order valence-electron chi connectivity index (χ1n) is 8.71. The molecule has 0 spiro atoms. The molecule has 8 nitrogen and oxygen atoms in total. The van der Waals surface area contributed by atoms with Gasteiger partial charge in [0.2, 0.25) is 11.6 Å². The lowest BCUT2D eigenvalue weighted by atomic mass is 10.2. The van der Waals surface area contributed by atoms with Crippen LogP contribution in [0.3, 0.4) is 0 Å². The van der Waals surface area contributed by atoms with Crippen LogP contribution in [0.15, 0.2) is 16.5 Å². The maximum atomic E-state index is 5.77. The fraction of sp³-hybridized carbons (Fsp3) is 0.556. The van der Waals surface area contributed by atoms with Gasteiger partial charge in [-0.25, -0.2) is 4.68 Å². The lowest BCUT2D eigenvalue weighted by Crippen LogP contribution is -2.46. The molecular formula is C18H25N3O5S. The third kappa shape index (κ3) is 4.26. The van der Waals surface area contributed by atoms with E-state index in [2.05, 4.69) is 23.8 Å². The molecule has 1 aliphatic heterocycles. The monoisotopic (exact) mass is 395 g/mol. The van der Waals surface area contributed by atoms with Gasteiger partial charge in [0.05, 0.1) is 40.2 Å². The number of methoxy groups -OCH3 is 3. The summed E-state index contributed by atoms with van der Waals surface area (Å²) in [7, 11) is 4.69. The fourth-order valence-corrected chi connectivity index (χ4v) is 3.48. The van der Waals surface area contributed by atoms with Crippen LogP contribution < -0.4 is 14.2 Å². The highest BCUT2D eigenvalue weighted by Gasteiger charge is 2.23. The Labute approximate surface area is 163 Å². The summed E-state index contributed by atoms with van der Waals surface area (Å²) in [5.41, 5.74) is 0.693. The number of ether oxygens (including phenoxy) is 4. The molecule has 148 valence electrons. The second-order valence-electron chi connectivity index (χ2n) is 6.52. The average molecular weight is 395 g/mol. The highest BCUT2D eigenvalue weighted by Crippen LogP contribution is 2.40. The normalized spacial score (nSPS) is 20.5. The van der Waals surface area contributed by atoms with Crippen molar-refractivity contribution >= 4 is 12.2 Å². The molecule has 1 aliphatic rings. The Morgan fingerprint density at radius 3 is 2.19 bits per heavy atom. The van der Waals surface area contributed by atoms with E-state index in [1.54, 1.807) is 38.1 Å². The average Bonchev–Trinajstić information content (AvgIpc) is 3.00. The topological polar surface area (TPSA) is 71.1 Å². The Kier molecular flexibility index (Phi) is 6.03. The first kappa shape index (κ1) is 19.7. The highest BCUT2D eigenvalue weighted by atomic mass is 32.1. The van der Waals surface area contributed by atoms with E-state index in [-0.39, 0.29) is 12.2 Å². The molecule has 0 saturated carbocycles.